The third-order valence-electron chi connectivity index (χ3n) is 4.20. The zero-order valence-corrected chi connectivity index (χ0v) is 12.9. The molecule has 1 fully saturated rings. The fourth-order valence-corrected chi connectivity index (χ4v) is 2.91. The molecule has 1 aromatic heterocycles. The molecule has 0 radical (unpaired) electrons. The molecule has 20 heavy (non-hydrogen) atoms. The monoisotopic (exact) mass is 277 g/mol. The summed E-state index contributed by atoms with van der Waals surface area (Å²) in [6.07, 6.45) is 4.51. The number of anilines is 1. The molecule has 0 amide bonds. The first-order valence-electron chi connectivity index (χ1n) is 7.74. The molecule has 112 valence electrons. The van der Waals surface area contributed by atoms with Gasteiger partial charge in [0, 0.05) is 19.1 Å². The van der Waals surface area contributed by atoms with Gasteiger partial charge in [-0.25, -0.2) is 0 Å². The van der Waals surface area contributed by atoms with Gasteiger partial charge in [0.05, 0.1) is 23.7 Å². The predicted octanol–water partition coefficient (Wildman–Crippen LogP) is 2.45. The highest BCUT2D eigenvalue weighted by molar-refractivity contribution is 5.46. The van der Waals surface area contributed by atoms with E-state index in [1.165, 1.54) is 12.1 Å². The summed E-state index contributed by atoms with van der Waals surface area (Å²) in [4.78, 5) is 9.32. The molecule has 2 heterocycles. The summed E-state index contributed by atoms with van der Waals surface area (Å²) in [5.41, 5.74) is 1.95. The summed E-state index contributed by atoms with van der Waals surface area (Å²) < 4.78 is 0. The zero-order valence-electron chi connectivity index (χ0n) is 12.9. The van der Waals surface area contributed by atoms with Crippen LogP contribution in [0.4, 0.5) is 5.69 Å². The van der Waals surface area contributed by atoms with Gasteiger partial charge in [0.15, 0.2) is 0 Å². The molecule has 0 spiro atoms. The van der Waals surface area contributed by atoms with Crippen molar-refractivity contribution >= 4 is 5.69 Å². The second-order valence-corrected chi connectivity index (χ2v) is 5.74. The second kappa shape index (κ2) is 7.04. The number of hydrogen-bond acceptors (Lipinski definition) is 4. The minimum atomic E-state index is -0.443. The van der Waals surface area contributed by atoms with E-state index in [9.17, 15) is 5.11 Å². The van der Waals surface area contributed by atoms with Gasteiger partial charge in [0.1, 0.15) is 0 Å². The van der Waals surface area contributed by atoms with Gasteiger partial charge in [-0.3, -0.25) is 4.98 Å². The van der Waals surface area contributed by atoms with Crippen LogP contribution in [0.25, 0.3) is 0 Å². The maximum atomic E-state index is 9.83. The Morgan fingerprint density at radius 2 is 2.15 bits per heavy atom. The topological polar surface area (TPSA) is 39.6 Å². The van der Waals surface area contributed by atoms with E-state index in [0.29, 0.717) is 12.5 Å². The molecule has 0 bridgehead atoms. The molecule has 0 saturated carbocycles. The number of aliphatic hydroxyl groups is 1. The van der Waals surface area contributed by atoms with Crippen LogP contribution in [-0.4, -0.2) is 47.7 Å². The first-order valence-corrected chi connectivity index (χ1v) is 7.74. The molecule has 0 aliphatic carbocycles. The molecule has 1 aromatic rings. The van der Waals surface area contributed by atoms with Crippen molar-refractivity contribution in [2.45, 2.75) is 45.3 Å². The van der Waals surface area contributed by atoms with Crippen molar-refractivity contribution in [3.05, 3.63) is 24.0 Å². The lowest BCUT2D eigenvalue weighted by Crippen LogP contribution is -2.39. The van der Waals surface area contributed by atoms with Crippen LogP contribution < -0.4 is 4.90 Å². The number of hydrogen-bond donors (Lipinski definition) is 1. The Bertz CT molecular complexity index is 407. The van der Waals surface area contributed by atoms with Crippen molar-refractivity contribution in [3.8, 4) is 0 Å². The van der Waals surface area contributed by atoms with Crippen LogP contribution in [0.1, 0.15) is 44.9 Å². The minimum Gasteiger partial charge on any atom is -0.387 e. The highest BCUT2D eigenvalue weighted by Crippen LogP contribution is 2.23. The van der Waals surface area contributed by atoms with Gasteiger partial charge >= 0.3 is 0 Å². The number of aromatic nitrogens is 1. The van der Waals surface area contributed by atoms with Gasteiger partial charge < -0.3 is 14.9 Å². The number of rotatable bonds is 4. The van der Waals surface area contributed by atoms with Crippen LogP contribution in [0, 0.1) is 0 Å². The Hall–Kier alpha value is -1.13. The van der Waals surface area contributed by atoms with Crippen molar-refractivity contribution in [1.29, 1.82) is 0 Å². The van der Waals surface area contributed by atoms with Gasteiger partial charge in [-0.15, -0.1) is 0 Å². The van der Waals surface area contributed by atoms with E-state index in [1.54, 1.807) is 0 Å². The number of aliphatic hydroxyl groups excluding tert-OH is 1. The first-order chi connectivity index (χ1) is 9.65. The summed E-state index contributed by atoms with van der Waals surface area (Å²) in [6.45, 7) is 7.57. The van der Waals surface area contributed by atoms with Crippen LogP contribution in [0.15, 0.2) is 18.3 Å². The Balaban J connectivity index is 2.16. The summed E-state index contributed by atoms with van der Waals surface area (Å²) >= 11 is 0. The molecule has 2 rings (SSSR count). The van der Waals surface area contributed by atoms with Crippen molar-refractivity contribution in [2.75, 3.05) is 31.6 Å². The summed E-state index contributed by atoms with van der Waals surface area (Å²) in [5.74, 6) is 0. The molecule has 2 atom stereocenters. The molecule has 1 aliphatic rings. The van der Waals surface area contributed by atoms with E-state index in [-0.39, 0.29) is 0 Å². The summed E-state index contributed by atoms with van der Waals surface area (Å²) in [6, 6.07) is 4.62. The molecule has 4 nitrogen and oxygen atoms in total. The summed E-state index contributed by atoms with van der Waals surface area (Å²) in [5, 5.41) is 9.83. The molecule has 1 unspecified atom stereocenters. The van der Waals surface area contributed by atoms with E-state index in [2.05, 4.69) is 34.8 Å². The lowest BCUT2D eigenvalue weighted by molar-refractivity contribution is 0.169. The fourth-order valence-electron chi connectivity index (χ4n) is 2.91. The molecule has 1 saturated heterocycles. The van der Waals surface area contributed by atoms with E-state index < -0.39 is 6.10 Å². The van der Waals surface area contributed by atoms with Gasteiger partial charge in [-0.2, -0.15) is 0 Å². The minimum absolute atomic E-state index is 0.443. The Morgan fingerprint density at radius 1 is 1.35 bits per heavy atom. The van der Waals surface area contributed by atoms with Gasteiger partial charge in [-0.1, -0.05) is 13.8 Å². The first kappa shape index (κ1) is 15.3. The maximum Gasteiger partial charge on any atom is 0.0957 e. The van der Waals surface area contributed by atoms with E-state index in [1.807, 2.05) is 19.2 Å². The molecule has 1 aliphatic heterocycles. The lowest BCUT2D eigenvalue weighted by Gasteiger charge is -2.32. The van der Waals surface area contributed by atoms with Crippen molar-refractivity contribution in [2.24, 2.45) is 0 Å². The third-order valence-corrected chi connectivity index (χ3v) is 4.20. The van der Waals surface area contributed by atoms with Crippen LogP contribution >= 0.6 is 0 Å². The van der Waals surface area contributed by atoms with Crippen molar-refractivity contribution in [3.63, 3.8) is 0 Å². The molecular formula is C16H27N3O. The largest absolute Gasteiger partial charge is 0.387 e. The molecule has 1 N–H and O–H groups in total. The van der Waals surface area contributed by atoms with Gasteiger partial charge in [0.25, 0.3) is 0 Å². The normalized spacial score (nSPS) is 22.6. The van der Waals surface area contributed by atoms with Crippen molar-refractivity contribution in [1.82, 2.24) is 9.88 Å². The Morgan fingerprint density at radius 3 is 2.75 bits per heavy atom. The SMILES string of the molecule is CCC1CN(C)CCCN1c1ccc([C@H](O)CC)nc1. The second-order valence-electron chi connectivity index (χ2n) is 5.74. The van der Waals surface area contributed by atoms with Crippen molar-refractivity contribution < 1.29 is 5.11 Å². The lowest BCUT2D eigenvalue weighted by atomic mass is 10.1. The van der Waals surface area contributed by atoms with Gasteiger partial charge in [0.2, 0.25) is 0 Å². The molecular weight excluding hydrogens is 250 g/mol. The van der Waals surface area contributed by atoms with E-state index >= 15 is 0 Å². The van der Waals surface area contributed by atoms with Gasteiger partial charge in [-0.05, 0) is 45.0 Å². The van der Waals surface area contributed by atoms with Crippen LogP contribution in [0.5, 0.6) is 0 Å². The molecule has 0 aromatic carbocycles. The highest BCUT2D eigenvalue weighted by atomic mass is 16.3. The Kier molecular flexibility index (Phi) is 5.38. The van der Waals surface area contributed by atoms with E-state index in [0.717, 1.165) is 31.7 Å². The quantitative estimate of drug-likeness (QED) is 0.917. The highest BCUT2D eigenvalue weighted by Gasteiger charge is 2.22. The number of likely N-dealkylation sites (N-methyl/N-ethyl adjacent to an activating group) is 1. The average Bonchev–Trinajstić information content (AvgIpc) is 2.67. The third kappa shape index (κ3) is 3.49. The Labute approximate surface area is 122 Å². The van der Waals surface area contributed by atoms with Crippen LogP contribution in [-0.2, 0) is 0 Å². The average molecular weight is 277 g/mol. The maximum absolute atomic E-state index is 9.83. The fraction of sp³-hybridized carbons (Fsp3) is 0.688. The van der Waals surface area contributed by atoms with Crippen LogP contribution in [0.3, 0.4) is 0 Å². The smallest absolute Gasteiger partial charge is 0.0957 e. The molecule has 4 heteroatoms. The summed E-state index contributed by atoms with van der Waals surface area (Å²) in [7, 11) is 2.20. The number of pyridine rings is 1. The van der Waals surface area contributed by atoms with E-state index in [4.69, 9.17) is 0 Å². The number of nitrogens with zero attached hydrogens (tertiary/aromatic N) is 3. The van der Waals surface area contributed by atoms with Crippen LogP contribution in [0.2, 0.25) is 0 Å². The predicted molar refractivity (Wildman–Crippen MR) is 83.0 cm³/mol. The standard InChI is InChI=1S/C16H27N3O/c1-4-13-12-18(3)9-6-10-19(13)14-7-8-15(17-11-14)16(20)5-2/h7-8,11,13,16,20H,4-6,9-10,12H2,1-3H3/t13?,16-/m1/s1. The zero-order chi connectivity index (χ0) is 14.5.